The van der Waals surface area contributed by atoms with Gasteiger partial charge in [0.25, 0.3) is 0 Å². The Bertz CT molecular complexity index is 351. The summed E-state index contributed by atoms with van der Waals surface area (Å²) >= 11 is 5.08. The number of nitrogens with zero attached hydrogens (tertiary/aromatic N) is 1. The molecule has 2 N–H and O–H groups in total. The molecule has 17 heavy (non-hydrogen) atoms. The predicted molar refractivity (Wildman–Crippen MR) is 76.2 cm³/mol. The number of hydrogen-bond acceptors (Lipinski definition) is 2. The standard InChI is InChI=1S/C13H20N2OS/c1-3-4-9-15(13(14)17)12-7-5-11(6-8-12)10-16-2/h5-8H,3-4,9-10H2,1-2H3,(H2,14,17). The number of ether oxygens (including phenoxy) is 1. The second-order valence-electron chi connectivity index (χ2n) is 3.94. The van der Waals surface area contributed by atoms with Gasteiger partial charge in [-0.3, -0.25) is 0 Å². The van der Waals surface area contributed by atoms with Crippen LogP contribution in [0, 0.1) is 0 Å². The molecule has 0 aromatic heterocycles. The average Bonchev–Trinajstić information content (AvgIpc) is 2.31. The Morgan fingerprint density at radius 3 is 2.47 bits per heavy atom. The number of rotatable bonds is 6. The van der Waals surface area contributed by atoms with Crippen LogP contribution in [-0.2, 0) is 11.3 Å². The maximum atomic E-state index is 5.74. The second-order valence-corrected chi connectivity index (χ2v) is 4.36. The molecule has 1 aromatic carbocycles. The molecule has 1 aromatic rings. The van der Waals surface area contributed by atoms with Gasteiger partial charge >= 0.3 is 0 Å². The topological polar surface area (TPSA) is 38.5 Å². The molecule has 94 valence electrons. The number of thiocarbonyl (C=S) groups is 1. The van der Waals surface area contributed by atoms with E-state index < -0.39 is 0 Å². The van der Waals surface area contributed by atoms with E-state index in [9.17, 15) is 0 Å². The Morgan fingerprint density at radius 2 is 2.00 bits per heavy atom. The molecule has 0 aliphatic carbocycles. The molecule has 0 aliphatic heterocycles. The van der Waals surface area contributed by atoms with Crippen LogP contribution in [0.1, 0.15) is 25.3 Å². The molecular formula is C13H20N2OS. The van der Waals surface area contributed by atoms with Gasteiger partial charge in [0.1, 0.15) is 0 Å². The van der Waals surface area contributed by atoms with Gasteiger partial charge in [-0.25, -0.2) is 0 Å². The summed E-state index contributed by atoms with van der Waals surface area (Å²) in [6.45, 7) is 3.65. The summed E-state index contributed by atoms with van der Waals surface area (Å²) in [6.07, 6.45) is 2.21. The van der Waals surface area contributed by atoms with Crippen molar-refractivity contribution < 1.29 is 4.74 Å². The normalized spacial score (nSPS) is 10.2. The molecule has 1 rings (SSSR count). The largest absolute Gasteiger partial charge is 0.380 e. The van der Waals surface area contributed by atoms with Gasteiger partial charge in [0.2, 0.25) is 0 Å². The fraction of sp³-hybridized carbons (Fsp3) is 0.462. The highest BCUT2D eigenvalue weighted by atomic mass is 32.1. The molecule has 0 amide bonds. The minimum atomic E-state index is 0.429. The molecule has 0 atom stereocenters. The zero-order chi connectivity index (χ0) is 12.7. The lowest BCUT2D eigenvalue weighted by molar-refractivity contribution is 0.185. The minimum Gasteiger partial charge on any atom is -0.380 e. The van der Waals surface area contributed by atoms with Crippen molar-refractivity contribution in [3.05, 3.63) is 29.8 Å². The Balaban J connectivity index is 2.76. The first-order chi connectivity index (χ1) is 8.19. The van der Waals surface area contributed by atoms with Crippen LogP contribution in [0.3, 0.4) is 0 Å². The Labute approximate surface area is 109 Å². The molecular weight excluding hydrogens is 232 g/mol. The minimum absolute atomic E-state index is 0.429. The number of hydrogen-bond donors (Lipinski definition) is 1. The summed E-state index contributed by atoms with van der Waals surface area (Å²) in [5.41, 5.74) is 7.93. The van der Waals surface area contributed by atoms with E-state index in [1.165, 1.54) is 0 Å². The van der Waals surface area contributed by atoms with Crippen LogP contribution >= 0.6 is 12.2 Å². The monoisotopic (exact) mass is 252 g/mol. The quantitative estimate of drug-likeness (QED) is 0.790. The molecule has 0 radical (unpaired) electrons. The van der Waals surface area contributed by atoms with Crippen LogP contribution in [0.25, 0.3) is 0 Å². The van der Waals surface area contributed by atoms with Crippen molar-refractivity contribution in [2.75, 3.05) is 18.6 Å². The molecule has 0 fully saturated rings. The summed E-state index contributed by atoms with van der Waals surface area (Å²) in [7, 11) is 1.69. The third-order valence-electron chi connectivity index (χ3n) is 2.56. The lowest BCUT2D eigenvalue weighted by atomic mass is 10.2. The van der Waals surface area contributed by atoms with E-state index in [-0.39, 0.29) is 0 Å². The molecule has 0 aliphatic rings. The molecule has 0 heterocycles. The maximum Gasteiger partial charge on any atom is 0.170 e. The van der Waals surface area contributed by atoms with Gasteiger partial charge in [0.05, 0.1) is 6.61 Å². The first kappa shape index (κ1) is 13.9. The van der Waals surface area contributed by atoms with E-state index in [0.717, 1.165) is 30.6 Å². The Hall–Kier alpha value is -1.13. The van der Waals surface area contributed by atoms with Crippen LogP contribution < -0.4 is 10.6 Å². The Morgan fingerprint density at radius 1 is 1.35 bits per heavy atom. The van der Waals surface area contributed by atoms with Crippen LogP contribution in [0.15, 0.2) is 24.3 Å². The summed E-state index contributed by atoms with van der Waals surface area (Å²) in [5, 5.41) is 0.429. The highest BCUT2D eigenvalue weighted by Gasteiger charge is 2.08. The first-order valence-electron chi connectivity index (χ1n) is 5.84. The first-order valence-corrected chi connectivity index (χ1v) is 6.24. The fourth-order valence-electron chi connectivity index (χ4n) is 1.62. The summed E-state index contributed by atoms with van der Waals surface area (Å²) in [6, 6.07) is 8.14. The molecule has 3 nitrogen and oxygen atoms in total. The highest BCUT2D eigenvalue weighted by molar-refractivity contribution is 7.80. The number of methoxy groups -OCH3 is 1. The van der Waals surface area contributed by atoms with Crippen molar-refractivity contribution in [2.24, 2.45) is 5.73 Å². The van der Waals surface area contributed by atoms with Gasteiger partial charge in [-0.1, -0.05) is 25.5 Å². The predicted octanol–water partition coefficient (Wildman–Crippen LogP) is 2.68. The summed E-state index contributed by atoms with van der Waals surface area (Å²) in [5.74, 6) is 0. The van der Waals surface area contributed by atoms with E-state index >= 15 is 0 Å². The third-order valence-corrected chi connectivity index (χ3v) is 2.78. The van der Waals surface area contributed by atoms with Gasteiger partial charge in [0.15, 0.2) is 5.11 Å². The van der Waals surface area contributed by atoms with Crippen molar-refractivity contribution in [3.8, 4) is 0 Å². The van der Waals surface area contributed by atoms with Gasteiger partial charge < -0.3 is 15.4 Å². The van der Waals surface area contributed by atoms with E-state index in [0.29, 0.717) is 11.7 Å². The number of anilines is 1. The second kappa shape index (κ2) is 7.25. The van der Waals surface area contributed by atoms with E-state index in [1.54, 1.807) is 7.11 Å². The number of nitrogens with two attached hydrogens (primary N) is 1. The molecule has 0 spiro atoms. The molecule has 4 heteroatoms. The van der Waals surface area contributed by atoms with E-state index in [2.05, 4.69) is 6.92 Å². The smallest absolute Gasteiger partial charge is 0.170 e. The van der Waals surface area contributed by atoms with Crippen molar-refractivity contribution in [2.45, 2.75) is 26.4 Å². The summed E-state index contributed by atoms with van der Waals surface area (Å²) < 4.78 is 5.08. The zero-order valence-electron chi connectivity index (χ0n) is 10.5. The Kier molecular flexibility index (Phi) is 5.94. The van der Waals surface area contributed by atoms with E-state index in [4.69, 9.17) is 22.7 Å². The van der Waals surface area contributed by atoms with Crippen molar-refractivity contribution in [3.63, 3.8) is 0 Å². The number of unbranched alkanes of at least 4 members (excludes halogenated alkanes) is 1. The van der Waals surface area contributed by atoms with Crippen LogP contribution in [0.5, 0.6) is 0 Å². The van der Waals surface area contributed by atoms with Gasteiger partial charge in [-0.2, -0.15) is 0 Å². The van der Waals surface area contributed by atoms with Crippen LogP contribution in [0.2, 0.25) is 0 Å². The maximum absolute atomic E-state index is 5.74. The molecule has 0 saturated heterocycles. The van der Waals surface area contributed by atoms with Gasteiger partial charge in [-0.15, -0.1) is 0 Å². The summed E-state index contributed by atoms with van der Waals surface area (Å²) in [4.78, 5) is 1.97. The molecule has 0 saturated carbocycles. The molecule has 0 unspecified atom stereocenters. The lowest BCUT2D eigenvalue weighted by Gasteiger charge is -2.22. The van der Waals surface area contributed by atoms with E-state index in [1.807, 2.05) is 29.2 Å². The third kappa shape index (κ3) is 4.32. The SMILES string of the molecule is CCCCN(C(N)=S)c1ccc(COC)cc1. The lowest BCUT2D eigenvalue weighted by Crippen LogP contribution is -2.36. The van der Waals surface area contributed by atoms with Gasteiger partial charge in [0, 0.05) is 19.3 Å². The number of benzene rings is 1. The highest BCUT2D eigenvalue weighted by Crippen LogP contribution is 2.16. The molecule has 0 bridgehead atoms. The van der Waals surface area contributed by atoms with Gasteiger partial charge in [-0.05, 0) is 36.3 Å². The van der Waals surface area contributed by atoms with Crippen LogP contribution in [0.4, 0.5) is 5.69 Å². The fourth-order valence-corrected chi connectivity index (χ4v) is 1.82. The van der Waals surface area contributed by atoms with Crippen molar-refractivity contribution in [1.29, 1.82) is 0 Å². The van der Waals surface area contributed by atoms with Crippen molar-refractivity contribution in [1.82, 2.24) is 0 Å². The zero-order valence-corrected chi connectivity index (χ0v) is 11.3. The average molecular weight is 252 g/mol. The van der Waals surface area contributed by atoms with Crippen LogP contribution in [-0.4, -0.2) is 18.8 Å². The van der Waals surface area contributed by atoms with Crippen molar-refractivity contribution >= 4 is 23.0 Å².